The molecule has 0 unspecified atom stereocenters. The summed E-state index contributed by atoms with van der Waals surface area (Å²) in [6.45, 7) is 5.84. The molecule has 0 N–H and O–H groups in total. The van der Waals surface area contributed by atoms with Gasteiger partial charge in [0, 0.05) is 12.3 Å². The van der Waals surface area contributed by atoms with Gasteiger partial charge in [0.1, 0.15) is 5.78 Å². The zero-order valence-corrected chi connectivity index (χ0v) is 10.4. The molecule has 0 aromatic carbocycles. The van der Waals surface area contributed by atoms with Crippen LogP contribution in [0.3, 0.4) is 0 Å². The minimum Gasteiger partial charge on any atom is -0.300 e. The molecule has 0 aliphatic heterocycles. The number of ketones is 2. The molecule has 0 aromatic heterocycles. The van der Waals surface area contributed by atoms with Crippen molar-refractivity contribution in [3.63, 3.8) is 0 Å². The van der Waals surface area contributed by atoms with Gasteiger partial charge in [-0.25, -0.2) is 0 Å². The van der Waals surface area contributed by atoms with Gasteiger partial charge in [-0.2, -0.15) is 0 Å². The molecule has 0 spiro atoms. The number of carbonyl (C=O) groups is 2. The average molecular weight is 220 g/mol. The number of hydrogen-bond donors (Lipinski definition) is 0. The van der Waals surface area contributed by atoms with Gasteiger partial charge in [-0.15, -0.1) is 0 Å². The zero-order valence-electron chi connectivity index (χ0n) is 10.4. The van der Waals surface area contributed by atoms with E-state index in [1.807, 2.05) is 6.92 Å². The van der Waals surface area contributed by atoms with Gasteiger partial charge in [-0.3, -0.25) is 9.59 Å². The molecule has 2 aliphatic rings. The molecule has 1 saturated carbocycles. The lowest BCUT2D eigenvalue weighted by atomic mass is 9.86. The second-order valence-corrected chi connectivity index (χ2v) is 5.45. The Morgan fingerprint density at radius 1 is 1.25 bits per heavy atom. The summed E-state index contributed by atoms with van der Waals surface area (Å²) in [5.41, 5.74) is 2.24. The van der Waals surface area contributed by atoms with Crippen molar-refractivity contribution in [3.8, 4) is 0 Å². The van der Waals surface area contributed by atoms with Crippen LogP contribution in [-0.4, -0.2) is 11.6 Å². The number of fused-ring (bicyclic) bond motifs is 1. The lowest BCUT2D eigenvalue weighted by Crippen LogP contribution is -2.11. The van der Waals surface area contributed by atoms with Crippen LogP contribution in [0.4, 0.5) is 0 Å². The van der Waals surface area contributed by atoms with Gasteiger partial charge < -0.3 is 0 Å². The first-order chi connectivity index (χ1) is 7.50. The smallest absolute Gasteiger partial charge is 0.159 e. The predicted molar refractivity (Wildman–Crippen MR) is 63.0 cm³/mol. The molecule has 1 fully saturated rings. The van der Waals surface area contributed by atoms with E-state index in [1.54, 1.807) is 6.92 Å². The molecular weight excluding hydrogens is 200 g/mol. The van der Waals surface area contributed by atoms with E-state index < -0.39 is 0 Å². The Labute approximate surface area is 97.1 Å². The highest BCUT2D eigenvalue weighted by Crippen LogP contribution is 2.43. The standard InChI is InChI=1S/C14H20O2/c1-8-4-5-11(10(3)15)6-13-9(2)14(16)7-12(8)13/h8,11-12H,4-7H2,1-3H3/t8-,11+,12-/m0/s1. The Morgan fingerprint density at radius 3 is 2.56 bits per heavy atom. The quantitative estimate of drug-likeness (QED) is 0.681. The van der Waals surface area contributed by atoms with Crippen molar-refractivity contribution < 1.29 is 9.59 Å². The minimum atomic E-state index is 0.156. The van der Waals surface area contributed by atoms with Gasteiger partial charge in [0.15, 0.2) is 5.78 Å². The van der Waals surface area contributed by atoms with Crippen LogP contribution in [0.2, 0.25) is 0 Å². The normalized spacial score (nSPS) is 34.9. The van der Waals surface area contributed by atoms with Crippen molar-refractivity contribution in [2.24, 2.45) is 17.8 Å². The summed E-state index contributed by atoms with van der Waals surface area (Å²) < 4.78 is 0. The maximum absolute atomic E-state index is 11.7. The molecule has 0 saturated heterocycles. The van der Waals surface area contributed by atoms with Gasteiger partial charge in [0.05, 0.1) is 0 Å². The molecule has 0 aromatic rings. The van der Waals surface area contributed by atoms with E-state index in [-0.39, 0.29) is 11.7 Å². The third-order valence-electron chi connectivity index (χ3n) is 4.45. The van der Waals surface area contributed by atoms with Crippen molar-refractivity contribution in [3.05, 3.63) is 11.1 Å². The van der Waals surface area contributed by atoms with Gasteiger partial charge in [-0.1, -0.05) is 12.5 Å². The average Bonchev–Trinajstić information content (AvgIpc) is 2.42. The molecule has 2 heteroatoms. The molecule has 2 nitrogen and oxygen atoms in total. The van der Waals surface area contributed by atoms with Crippen molar-refractivity contribution in [2.75, 3.05) is 0 Å². The number of Topliss-reactive ketones (excluding diaryl/α,β-unsaturated/α-hetero) is 2. The predicted octanol–water partition coefficient (Wildman–Crippen LogP) is 2.92. The van der Waals surface area contributed by atoms with Crippen molar-refractivity contribution in [1.29, 1.82) is 0 Å². The van der Waals surface area contributed by atoms with E-state index in [4.69, 9.17) is 0 Å². The number of allylic oxidation sites excluding steroid dienone is 2. The van der Waals surface area contributed by atoms with Crippen LogP contribution < -0.4 is 0 Å². The molecule has 3 atom stereocenters. The van der Waals surface area contributed by atoms with Gasteiger partial charge in [0.25, 0.3) is 0 Å². The van der Waals surface area contributed by atoms with Gasteiger partial charge >= 0.3 is 0 Å². The summed E-state index contributed by atoms with van der Waals surface area (Å²) in [6.07, 6.45) is 3.60. The lowest BCUT2D eigenvalue weighted by molar-refractivity contribution is -0.121. The monoisotopic (exact) mass is 220 g/mol. The van der Waals surface area contributed by atoms with Gasteiger partial charge in [-0.05, 0) is 50.5 Å². The zero-order chi connectivity index (χ0) is 11.9. The number of carbonyl (C=O) groups excluding carboxylic acids is 2. The first-order valence-electron chi connectivity index (χ1n) is 6.24. The van der Waals surface area contributed by atoms with E-state index in [1.165, 1.54) is 5.57 Å². The molecule has 0 amide bonds. The highest BCUT2D eigenvalue weighted by atomic mass is 16.1. The molecule has 16 heavy (non-hydrogen) atoms. The van der Waals surface area contributed by atoms with Crippen LogP contribution in [0.1, 0.15) is 46.5 Å². The molecule has 0 radical (unpaired) electrons. The SMILES string of the molecule is CC(=O)[C@@H]1CC[C@H](C)[C@@H]2CC(=O)C(C)=C2C1. The van der Waals surface area contributed by atoms with E-state index in [2.05, 4.69) is 6.92 Å². The molecule has 0 heterocycles. The summed E-state index contributed by atoms with van der Waals surface area (Å²) in [5, 5.41) is 0. The molecule has 2 rings (SSSR count). The third-order valence-corrected chi connectivity index (χ3v) is 4.45. The Hall–Kier alpha value is -0.920. The van der Waals surface area contributed by atoms with Crippen molar-refractivity contribution in [1.82, 2.24) is 0 Å². The molecular formula is C14H20O2. The highest BCUT2D eigenvalue weighted by molar-refractivity contribution is 5.98. The first-order valence-corrected chi connectivity index (χ1v) is 6.24. The van der Waals surface area contributed by atoms with E-state index in [9.17, 15) is 9.59 Å². The Kier molecular flexibility index (Phi) is 3.00. The largest absolute Gasteiger partial charge is 0.300 e. The fourth-order valence-corrected chi connectivity index (χ4v) is 3.16. The Morgan fingerprint density at radius 2 is 1.94 bits per heavy atom. The third kappa shape index (κ3) is 1.85. The minimum absolute atomic E-state index is 0.156. The summed E-state index contributed by atoms with van der Waals surface area (Å²) in [6, 6.07) is 0. The second-order valence-electron chi connectivity index (χ2n) is 5.45. The summed E-state index contributed by atoms with van der Waals surface area (Å²) in [5.74, 6) is 1.73. The van der Waals surface area contributed by atoms with Crippen LogP contribution in [0.15, 0.2) is 11.1 Å². The van der Waals surface area contributed by atoms with E-state index >= 15 is 0 Å². The maximum atomic E-state index is 11.7. The fourth-order valence-electron chi connectivity index (χ4n) is 3.16. The van der Waals surface area contributed by atoms with Crippen molar-refractivity contribution in [2.45, 2.75) is 46.5 Å². The van der Waals surface area contributed by atoms with E-state index in [0.29, 0.717) is 24.0 Å². The number of hydrogen-bond acceptors (Lipinski definition) is 2. The molecule has 88 valence electrons. The fraction of sp³-hybridized carbons (Fsp3) is 0.714. The van der Waals surface area contributed by atoms with Crippen LogP contribution in [0.25, 0.3) is 0 Å². The van der Waals surface area contributed by atoms with Crippen LogP contribution >= 0.6 is 0 Å². The molecule has 2 aliphatic carbocycles. The van der Waals surface area contributed by atoms with Gasteiger partial charge in [0.2, 0.25) is 0 Å². The second kappa shape index (κ2) is 4.15. The van der Waals surface area contributed by atoms with Crippen molar-refractivity contribution >= 4 is 11.6 Å². The Balaban J connectivity index is 2.31. The molecule has 0 bridgehead atoms. The Bertz CT molecular complexity index is 365. The topological polar surface area (TPSA) is 34.1 Å². The summed E-state index contributed by atoms with van der Waals surface area (Å²) >= 11 is 0. The first kappa shape index (κ1) is 11.6. The summed E-state index contributed by atoms with van der Waals surface area (Å²) in [4.78, 5) is 23.3. The van der Waals surface area contributed by atoms with Crippen LogP contribution in [0.5, 0.6) is 0 Å². The maximum Gasteiger partial charge on any atom is 0.159 e. The highest BCUT2D eigenvalue weighted by Gasteiger charge is 2.37. The summed E-state index contributed by atoms with van der Waals surface area (Å²) in [7, 11) is 0. The van der Waals surface area contributed by atoms with E-state index in [0.717, 1.165) is 24.8 Å². The van der Waals surface area contributed by atoms with Crippen LogP contribution in [-0.2, 0) is 9.59 Å². The lowest BCUT2D eigenvalue weighted by Gasteiger charge is -2.18. The number of rotatable bonds is 1. The van der Waals surface area contributed by atoms with Crippen LogP contribution in [0, 0.1) is 17.8 Å².